The van der Waals surface area contributed by atoms with Gasteiger partial charge in [0, 0.05) is 5.56 Å². The Bertz CT molecular complexity index is 556. The van der Waals surface area contributed by atoms with E-state index < -0.39 is 11.6 Å². The molecule has 0 radical (unpaired) electrons. The molecule has 19 heavy (non-hydrogen) atoms. The average Bonchev–Trinajstić information content (AvgIpc) is 2.42. The largest absolute Gasteiger partial charge is 0.203 e. The quantitative estimate of drug-likeness (QED) is 0.701. The van der Waals surface area contributed by atoms with Gasteiger partial charge in [-0.15, -0.1) is 0 Å². The maximum absolute atomic E-state index is 14.1. The fraction of sp³-hybridized carbons (Fsp3) is 0.294. The first kappa shape index (κ1) is 13.7. The molecular formula is C17H18F2. The summed E-state index contributed by atoms with van der Waals surface area (Å²) in [4.78, 5) is 0. The van der Waals surface area contributed by atoms with E-state index in [4.69, 9.17) is 0 Å². The normalized spacial score (nSPS) is 10.7. The summed E-state index contributed by atoms with van der Waals surface area (Å²) in [6.45, 7) is 4.00. The molecule has 0 bridgehead atoms. The van der Waals surface area contributed by atoms with Crippen LogP contribution in [-0.2, 0) is 6.42 Å². The third-order valence-electron chi connectivity index (χ3n) is 3.32. The van der Waals surface area contributed by atoms with Crippen molar-refractivity contribution < 1.29 is 8.78 Å². The lowest BCUT2D eigenvalue weighted by Crippen LogP contribution is -1.97. The molecule has 0 saturated carbocycles. The zero-order valence-electron chi connectivity index (χ0n) is 11.3. The Morgan fingerprint density at radius 3 is 2.21 bits per heavy atom. The van der Waals surface area contributed by atoms with Crippen molar-refractivity contribution in [3.05, 3.63) is 59.2 Å². The first-order chi connectivity index (χ1) is 9.13. The molecule has 100 valence electrons. The van der Waals surface area contributed by atoms with Crippen LogP contribution in [0.5, 0.6) is 0 Å². The smallest absolute Gasteiger partial charge is 0.166 e. The van der Waals surface area contributed by atoms with Crippen LogP contribution in [0.1, 0.15) is 30.9 Å². The molecule has 0 aliphatic heterocycles. The number of rotatable bonds is 4. The average molecular weight is 260 g/mol. The molecule has 0 atom stereocenters. The van der Waals surface area contributed by atoms with Crippen molar-refractivity contribution in [2.45, 2.75) is 33.1 Å². The van der Waals surface area contributed by atoms with E-state index >= 15 is 0 Å². The zero-order valence-corrected chi connectivity index (χ0v) is 11.3. The summed E-state index contributed by atoms with van der Waals surface area (Å²) in [5, 5.41) is 0. The summed E-state index contributed by atoms with van der Waals surface area (Å²) in [6, 6.07) is 10.8. The van der Waals surface area contributed by atoms with Crippen molar-refractivity contribution in [2.24, 2.45) is 0 Å². The van der Waals surface area contributed by atoms with Gasteiger partial charge in [-0.05, 0) is 30.9 Å². The van der Waals surface area contributed by atoms with Crippen LogP contribution in [0.4, 0.5) is 8.78 Å². The van der Waals surface area contributed by atoms with Gasteiger partial charge in [-0.1, -0.05) is 55.3 Å². The molecule has 0 spiro atoms. The van der Waals surface area contributed by atoms with Gasteiger partial charge >= 0.3 is 0 Å². The molecule has 0 nitrogen and oxygen atoms in total. The zero-order chi connectivity index (χ0) is 13.8. The lowest BCUT2D eigenvalue weighted by atomic mass is 9.99. The predicted molar refractivity (Wildman–Crippen MR) is 75.1 cm³/mol. The van der Waals surface area contributed by atoms with Crippen LogP contribution in [0.25, 0.3) is 11.1 Å². The number of halogens is 2. The highest BCUT2D eigenvalue weighted by Crippen LogP contribution is 2.27. The van der Waals surface area contributed by atoms with E-state index in [0.29, 0.717) is 23.1 Å². The van der Waals surface area contributed by atoms with E-state index in [1.54, 1.807) is 12.1 Å². The number of benzene rings is 2. The highest BCUT2D eigenvalue weighted by atomic mass is 19.2. The summed E-state index contributed by atoms with van der Waals surface area (Å²) >= 11 is 0. The van der Waals surface area contributed by atoms with Crippen molar-refractivity contribution >= 4 is 0 Å². The van der Waals surface area contributed by atoms with Gasteiger partial charge in [-0.25, -0.2) is 8.78 Å². The van der Waals surface area contributed by atoms with E-state index in [1.165, 1.54) is 0 Å². The molecule has 0 aliphatic rings. The standard InChI is InChI=1S/C17H18F2/c1-3-4-5-14-10-11-15(17(19)16(14)18)13-8-6-12(2)7-9-13/h6-11H,3-5H2,1-2H3. The third-order valence-corrected chi connectivity index (χ3v) is 3.32. The first-order valence-corrected chi connectivity index (χ1v) is 6.67. The number of hydrogen-bond donors (Lipinski definition) is 0. The monoisotopic (exact) mass is 260 g/mol. The maximum atomic E-state index is 14.1. The van der Waals surface area contributed by atoms with Gasteiger partial charge in [0.15, 0.2) is 11.6 Å². The summed E-state index contributed by atoms with van der Waals surface area (Å²) in [5.74, 6) is -1.44. The van der Waals surface area contributed by atoms with Crippen LogP contribution in [0.15, 0.2) is 36.4 Å². The first-order valence-electron chi connectivity index (χ1n) is 6.67. The Balaban J connectivity index is 2.38. The van der Waals surface area contributed by atoms with Crippen LogP contribution in [0.3, 0.4) is 0 Å². The van der Waals surface area contributed by atoms with E-state index in [0.717, 1.165) is 18.4 Å². The Kier molecular flexibility index (Phi) is 4.31. The minimum Gasteiger partial charge on any atom is -0.203 e. The molecule has 0 aromatic heterocycles. The highest BCUT2D eigenvalue weighted by molar-refractivity contribution is 5.65. The molecule has 2 heteroatoms. The van der Waals surface area contributed by atoms with Crippen molar-refractivity contribution in [3.8, 4) is 11.1 Å². The molecule has 2 rings (SSSR count). The second-order valence-electron chi connectivity index (χ2n) is 4.87. The van der Waals surface area contributed by atoms with Crippen molar-refractivity contribution in [1.82, 2.24) is 0 Å². The molecule has 2 aromatic rings. The van der Waals surface area contributed by atoms with Crippen LogP contribution >= 0.6 is 0 Å². The Morgan fingerprint density at radius 2 is 1.58 bits per heavy atom. The van der Waals surface area contributed by atoms with Gasteiger partial charge in [0.2, 0.25) is 0 Å². The van der Waals surface area contributed by atoms with Crippen LogP contribution in [0.2, 0.25) is 0 Å². The third kappa shape index (κ3) is 3.01. The Labute approximate surface area is 113 Å². The molecule has 0 heterocycles. The summed E-state index contributed by atoms with van der Waals surface area (Å²) < 4.78 is 28.1. The Hall–Kier alpha value is -1.70. The van der Waals surface area contributed by atoms with Crippen molar-refractivity contribution in [2.75, 3.05) is 0 Å². The molecule has 0 unspecified atom stereocenters. The fourth-order valence-corrected chi connectivity index (χ4v) is 2.11. The topological polar surface area (TPSA) is 0 Å². The molecule has 0 aliphatic carbocycles. The maximum Gasteiger partial charge on any atom is 0.166 e. The predicted octanol–water partition coefficient (Wildman–Crippen LogP) is 5.28. The lowest BCUT2D eigenvalue weighted by molar-refractivity contribution is 0.499. The minimum atomic E-state index is -0.738. The van der Waals surface area contributed by atoms with Gasteiger partial charge in [-0.2, -0.15) is 0 Å². The molecule has 0 amide bonds. The number of aryl methyl sites for hydroxylation is 2. The summed E-state index contributed by atoms with van der Waals surface area (Å²) in [6.07, 6.45) is 2.44. The number of hydrogen-bond acceptors (Lipinski definition) is 0. The second kappa shape index (κ2) is 5.96. The molecule has 2 aromatic carbocycles. The highest BCUT2D eigenvalue weighted by Gasteiger charge is 2.14. The van der Waals surface area contributed by atoms with Crippen LogP contribution in [-0.4, -0.2) is 0 Å². The van der Waals surface area contributed by atoms with Gasteiger partial charge in [0.05, 0.1) is 0 Å². The van der Waals surface area contributed by atoms with Crippen molar-refractivity contribution in [1.29, 1.82) is 0 Å². The molecular weight excluding hydrogens is 242 g/mol. The van der Waals surface area contributed by atoms with Gasteiger partial charge in [0.25, 0.3) is 0 Å². The van der Waals surface area contributed by atoms with Crippen LogP contribution in [0, 0.1) is 18.6 Å². The van der Waals surface area contributed by atoms with Crippen molar-refractivity contribution in [3.63, 3.8) is 0 Å². The van der Waals surface area contributed by atoms with E-state index in [1.807, 2.05) is 38.1 Å². The Morgan fingerprint density at radius 1 is 0.895 bits per heavy atom. The van der Waals surface area contributed by atoms with E-state index in [-0.39, 0.29) is 0 Å². The van der Waals surface area contributed by atoms with Gasteiger partial charge in [-0.3, -0.25) is 0 Å². The lowest BCUT2D eigenvalue weighted by Gasteiger charge is -2.09. The van der Waals surface area contributed by atoms with Crippen LogP contribution < -0.4 is 0 Å². The molecule has 0 N–H and O–H groups in total. The minimum absolute atomic E-state index is 0.331. The fourth-order valence-electron chi connectivity index (χ4n) is 2.11. The van der Waals surface area contributed by atoms with Gasteiger partial charge < -0.3 is 0 Å². The van der Waals surface area contributed by atoms with Gasteiger partial charge in [0.1, 0.15) is 0 Å². The summed E-state index contributed by atoms with van der Waals surface area (Å²) in [7, 11) is 0. The van der Waals surface area contributed by atoms with E-state index in [9.17, 15) is 8.78 Å². The SMILES string of the molecule is CCCCc1ccc(-c2ccc(C)cc2)c(F)c1F. The van der Waals surface area contributed by atoms with E-state index in [2.05, 4.69) is 0 Å². The second-order valence-corrected chi connectivity index (χ2v) is 4.87. The summed E-state index contributed by atoms with van der Waals surface area (Å²) in [5.41, 5.74) is 2.61. The molecule has 0 fully saturated rings. The molecule has 0 saturated heterocycles. The number of unbranched alkanes of at least 4 members (excludes halogenated alkanes) is 1.